The second-order valence-corrected chi connectivity index (χ2v) is 4.99. The van der Waals surface area contributed by atoms with Gasteiger partial charge in [-0.1, -0.05) is 44.2 Å². The summed E-state index contributed by atoms with van der Waals surface area (Å²) in [6.45, 7) is 10.4. The van der Waals surface area contributed by atoms with E-state index in [2.05, 4.69) is 39.8 Å². The lowest BCUT2D eigenvalue weighted by Crippen LogP contribution is -2.36. The molecule has 0 aliphatic carbocycles. The van der Waals surface area contributed by atoms with Crippen molar-refractivity contribution in [1.82, 2.24) is 0 Å². The third kappa shape index (κ3) is 4.11. The van der Waals surface area contributed by atoms with E-state index in [0.717, 1.165) is 18.4 Å². The highest BCUT2D eigenvalue weighted by atomic mass is 16.7. The smallest absolute Gasteiger partial charge is 0.192 e. The maximum atomic E-state index is 6.12. The molecule has 0 heterocycles. The molecule has 1 aromatic rings. The summed E-state index contributed by atoms with van der Waals surface area (Å²) < 4.78 is 12.2. The molecule has 0 N–H and O–H groups in total. The minimum absolute atomic E-state index is 0.180. The van der Waals surface area contributed by atoms with E-state index in [9.17, 15) is 0 Å². The highest BCUT2D eigenvalue weighted by Gasteiger charge is 2.31. The van der Waals surface area contributed by atoms with Crippen molar-refractivity contribution in [2.75, 3.05) is 0 Å². The molecule has 0 bridgehead atoms. The summed E-state index contributed by atoms with van der Waals surface area (Å²) in [7, 11) is 0. The molecule has 18 heavy (non-hydrogen) atoms. The normalized spacial score (nSPS) is 18.1. The Morgan fingerprint density at radius 2 is 1.39 bits per heavy atom. The van der Waals surface area contributed by atoms with Crippen LogP contribution in [0.2, 0.25) is 0 Å². The van der Waals surface area contributed by atoms with Crippen LogP contribution in [0.15, 0.2) is 30.3 Å². The van der Waals surface area contributed by atoms with Crippen LogP contribution in [-0.4, -0.2) is 12.2 Å². The molecule has 2 nitrogen and oxygen atoms in total. The van der Waals surface area contributed by atoms with Crippen LogP contribution in [0.1, 0.15) is 53.0 Å². The Balaban J connectivity index is 2.93. The first-order valence-corrected chi connectivity index (χ1v) is 6.93. The summed E-state index contributed by atoms with van der Waals surface area (Å²) in [6, 6.07) is 10.2. The third-order valence-corrected chi connectivity index (χ3v) is 3.30. The lowest BCUT2D eigenvalue weighted by atomic mass is 10.1. The maximum absolute atomic E-state index is 6.12. The number of hydrogen-bond donors (Lipinski definition) is 0. The van der Waals surface area contributed by atoms with Crippen molar-refractivity contribution in [1.29, 1.82) is 0 Å². The van der Waals surface area contributed by atoms with Crippen molar-refractivity contribution in [2.45, 2.75) is 65.5 Å². The van der Waals surface area contributed by atoms with Gasteiger partial charge in [0.1, 0.15) is 0 Å². The van der Waals surface area contributed by atoms with Crippen molar-refractivity contribution in [3.05, 3.63) is 35.9 Å². The van der Waals surface area contributed by atoms with Crippen LogP contribution in [0.3, 0.4) is 0 Å². The van der Waals surface area contributed by atoms with E-state index < -0.39 is 5.79 Å². The van der Waals surface area contributed by atoms with Crippen molar-refractivity contribution in [2.24, 2.45) is 0 Å². The molecule has 0 aliphatic heterocycles. The van der Waals surface area contributed by atoms with Gasteiger partial charge in [-0.05, 0) is 33.6 Å². The Kier molecular flexibility index (Phi) is 5.83. The van der Waals surface area contributed by atoms with Gasteiger partial charge >= 0.3 is 0 Å². The topological polar surface area (TPSA) is 18.5 Å². The van der Waals surface area contributed by atoms with Crippen LogP contribution >= 0.6 is 0 Å². The van der Waals surface area contributed by atoms with Crippen LogP contribution in [0.5, 0.6) is 0 Å². The predicted octanol–water partition coefficient (Wildman–Crippen LogP) is 4.49. The average Bonchev–Trinajstić information content (AvgIpc) is 2.39. The van der Waals surface area contributed by atoms with Crippen LogP contribution in [0.25, 0.3) is 0 Å². The standard InChI is InChI=1S/C16H26O2/c1-6-13(3)17-16(5,18-14(4)7-2)15-11-9-8-10-12-15/h8-14H,6-7H2,1-5H3. The quantitative estimate of drug-likeness (QED) is 0.664. The van der Waals surface area contributed by atoms with Gasteiger partial charge in [-0.25, -0.2) is 0 Å². The summed E-state index contributed by atoms with van der Waals surface area (Å²) in [5.74, 6) is -0.661. The van der Waals surface area contributed by atoms with E-state index in [0.29, 0.717) is 0 Å². The molecule has 0 fully saturated rings. The molecule has 0 spiro atoms. The molecule has 0 aromatic heterocycles. The summed E-state index contributed by atoms with van der Waals surface area (Å²) in [5, 5.41) is 0. The Hall–Kier alpha value is -0.860. The summed E-state index contributed by atoms with van der Waals surface area (Å²) >= 11 is 0. The van der Waals surface area contributed by atoms with Crippen LogP contribution in [0.4, 0.5) is 0 Å². The van der Waals surface area contributed by atoms with E-state index >= 15 is 0 Å². The monoisotopic (exact) mass is 250 g/mol. The fourth-order valence-electron chi connectivity index (χ4n) is 1.84. The molecule has 2 heteroatoms. The SMILES string of the molecule is CCC(C)OC(C)(OC(C)CC)c1ccccc1. The minimum Gasteiger partial charge on any atom is -0.343 e. The highest BCUT2D eigenvalue weighted by molar-refractivity contribution is 5.19. The van der Waals surface area contributed by atoms with Gasteiger partial charge in [0, 0.05) is 5.56 Å². The second kappa shape index (κ2) is 6.91. The van der Waals surface area contributed by atoms with E-state index in [1.807, 2.05) is 25.1 Å². The van der Waals surface area contributed by atoms with Gasteiger partial charge in [-0.2, -0.15) is 0 Å². The van der Waals surface area contributed by atoms with Crippen LogP contribution in [-0.2, 0) is 15.3 Å². The number of rotatable bonds is 7. The number of ether oxygens (including phenoxy) is 2. The van der Waals surface area contributed by atoms with Crippen molar-refractivity contribution >= 4 is 0 Å². The van der Waals surface area contributed by atoms with Crippen LogP contribution in [0, 0.1) is 0 Å². The molecular weight excluding hydrogens is 224 g/mol. The van der Waals surface area contributed by atoms with Gasteiger partial charge < -0.3 is 9.47 Å². The molecule has 0 saturated carbocycles. The molecule has 0 saturated heterocycles. The molecule has 0 amide bonds. The van der Waals surface area contributed by atoms with Crippen molar-refractivity contribution in [3.8, 4) is 0 Å². The minimum atomic E-state index is -0.661. The zero-order valence-corrected chi connectivity index (χ0v) is 12.3. The fourth-order valence-corrected chi connectivity index (χ4v) is 1.84. The lowest BCUT2D eigenvalue weighted by Gasteiger charge is -2.35. The molecule has 2 unspecified atom stereocenters. The summed E-state index contributed by atoms with van der Waals surface area (Å²) in [4.78, 5) is 0. The lowest BCUT2D eigenvalue weighted by molar-refractivity contribution is -0.273. The zero-order valence-electron chi connectivity index (χ0n) is 12.3. The Morgan fingerprint density at radius 1 is 0.944 bits per heavy atom. The Bertz CT molecular complexity index is 322. The first-order valence-electron chi connectivity index (χ1n) is 6.93. The Labute approximate surface area is 111 Å². The molecular formula is C16H26O2. The third-order valence-electron chi connectivity index (χ3n) is 3.30. The molecule has 102 valence electrons. The predicted molar refractivity (Wildman–Crippen MR) is 75.5 cm³/mol. The van der Waals surface area contributed by atoms with Gasteiger partial charge in [0.15, 0.2) is 5.79 Å². The zero-order chi connectivity index (χ0) is 13.6. The molecule has 0 aliphatic rings. The van der Waals surface area contributed by atoms with E-state index in [4.69, 9.17) is 9.47 Å². The van der Waals surface area contributed by atoms with E-state index in [-0.39, 0.29) is 12.2 Å². The number of benzene rings is 1. The molecule has 0 radical (unpaired) electrons. The van der Waals surface area contributed by atoms with E-state index in [1.165, 1.54) is 0 Å². The largest absolute Gasteiger partial charge is 0.343 e. The maximum Gasteiger partial charge on any atom is 0.192 e. The second-order valence-electron chi connectivity index (χ2n) is 4.99. The van der Waals surface area contributed by atoms with E-state index in [1.54, 1.807) is 0 Å². The highest BCUT2D eigenvalue weighted by Crippen LogP contribution is 2.30. The van der Waals surface area contributed by atoms with Crippen molar-refractivity contribution < 1.29 is 9.47 Å². The fraction of sp³-hybridized carbons (Fsp3) is 0.625. The molecule has 1 aromatic carbocycles. The van der Waals surface area contributed by atoms with Gasteiger partial charge in [0.25, 0.3) is 0 Å². The summed E-state index contributed by atoms with van der Waals surface area (Å²) in [5.41, 5.74) is 1.07. The Morgan fingerprint density at radius 3 is 1.78 bits per heavy atom. The van der Waals surface area contributed by atoms with Gasteiger partial charge in [0.2, 0.25) is 0 Å². The van der Waals surface area contributed by atoms with Gasteiger partial charge in [0.05, 0.1) is 12.2 Å². The van der Waals surface area contributed by atoms with Gasteiger partial charge in [-0.15, -0.1) is 0 Å². The number of hydrogen-bond acceptors (Lipinski definition) is 2. The average molecular weight is 250 g/mol. The first kappa shape index (κ1) is 15.2. The molecule has 2 atom stereocenters. The first-order chi connectivity index (χ1) is 8.51. The van der Waals surface area contributed by atoms with Gasteiger partial charge in [-0.3, -0.25) is 0 Å². The summed E-state index contributed by atoms with van der Waals surface area (Å²) in [6.07, 6.45) is 2.32. The van der Waals surface area contributed by atoms with Crippen molar-refractivity contribution in [3.63, 3.8) is 0 Å². The molecule has 1 rings (SSSR count). The van der Waals surface area contributed by atoms with Crippen LogP contribution < -0.4 is 0 Å².